The van der Waals surface area contributed by atoms with E-state index in [2.05, 4.69) is 6.92 Å². The zero-order chi connectivity index (χ0) is 13.4. The summed E-state index contributed by atoms with van der Waals surface area (Å²) >= 11 is 0. The first kappa shape index (κ1) is 14.6. The smallest absolute Gasteiger partial charge is 0.165 e. The highest BCUT2D eigenvalue weighted by molar-refractivity contribution is 5.94. The third-order valence-corrected chi connectivity index (χ3v) is 2.47. The number of benzene rings is 1. The molecule has 0 aliphatic rings. The molecular weight excluding hydrogens is 235 g/mol. The molecule has 1 rings (SSSR count). The molecule has 100 valence electrons. The van der Waals surface area contributed by atoms with Crippen LogP contribution in [-0.2, 0) is 4.74 Å². The highest BCUT2D eigenvalue weighted by Crippen LogP contribution is 2.18. The molecule has 0 fully saturated rings. The van der Waals surface area contributed by atoms with Crippen molar-refractivity contribution in [2.75, 3.05) is 19.8 Å². The molecule has 0 spiro atoms. The average Bonchev–Trinajstić information content (AvgIpc) is 2.35. The molecule has 0 aliphatic heterocycles. The number of ketones is 1. The number of rotatable bonds is 8. The maximum Gasteiger partial charge on any atom is 0.165 e. The number of unbranched alkanes of at least 4 members (excludes halogenated alkanes) is 1. The summed E-state index contributed by atoms with van der Waals surface area (Å²) in [6, 6.07) is 4.21. The van der Waals surface area contributed by atoms with Crippen LogP contribution in [0.25, 0.3) is 0 Å². The van der Waals surface area contributed by atoms with E-state index in [4.69, 9.17) is 9.47 Å². The SMILES string of the molecule is CCCCOCCOc1ccc(C(C)=O)cc1F. The largest absolute Gasteiger partial charge is 0.488 e. The van der Waals surface area contributed by atoms with E-state index in [1.807, 2.05) is 0 Å². The van der Waals surface area contributed by atoms with Gasteiger partial charge in [0, 0.05) is 12.2 Å². The number of carbonyl (C=O) groups excluding carboxylic acids is 1. The Hall–Kier alpha value is -1.42. The van der Waals surface area contributed by atoms with Crippen molar-refractivity contribution < 1.29 is 18.7 Å². The van der Waals surface area contributed by atoms with Crippen LogP contribution in [0, 0.1) is 5.82 Å². The van der Waals surface area contributed by atoms with Gasteiger partial charge in [0.25, 0.3) is 0 Å². The molecule has 1 aromatic rings. The third-order valence-electron chi connectivity index (χ3n) is 2.47. The normalized spacial score (nSPS) is 10.4. The standard InChI is InChI=1S/C14H19FO3/c1-3-4-7-17-8-9-18-14-6-5-12(11(2)16)10-13(14)15/h5-6,10H,3-4,7-9H2,1-2H3. The zero-order valence-corrected chi connectivity index (χ0v) is 10.9. The Labute approximate surface area is 107 Å². The maximum atomic E-state index is 13.5. The summed E-state index contributed by atoms with van der Waals surface area (Å²) in [7, 11) is 0. The molecule has 0 bridgehead atoms. The molecule has 3 nitrogen and oxygen atoms in total. The first-order valence-corrected chi connectivity index (χ1v) is 6.16. The van der Waals surface area contributed by atoms with Gasteiger partial charge >= 0.3 is 0 Å². The Morgan fingerprint density at radius 3 is 2.67 bits per heavy atom. The van der Waals surface area contributed by atoms with Gasteiger partial charge in [-0.05, 0) is 31.5 Å². The summed E-state index contributed by atoms with van der Waals surface area (Å²) < 4.78 is 24.1. The molecule has 0 unspecified atom stereocenters. The molecule has 0 saturated carbocycles. The Morgan fingerprint density at radius 1 is 1.28 bits per heavy atom. The van der Waals surface area contributed by atoms with Crippen molar-refractivity contribution in [3.63, 3.8) is 0 Å². The highest BCUT2D eigenvalue weighted by Gasteiger charge is 2.07. The van der Waals surface area contributed by atoms with Crippen LogP contribution >= 0.6 is 0 Å². The second-order valence-electron chi connectivity index (χ2n) is 4.02. The van der Waals surface area contributed by atoms with Crippen LogP contribution in [0.15, 0.2) is 18.2 Å². The van der Waals surface area contributed by atoms with Crippen molar-refractivity contribution in [2.24, 2.45) is 0 Å². The lowest BCUT2D eigenvalue weighted by atomic mass is 10.1. The van der Waals surface area contributed by atoms with E-state index >= 15 is 0 Å². The molecule has 4 heteroatoms. The molecular formula is C14H19FO3. The van der Waals surface area contributed by atoms with Crippen LogP contribution in [-0.4, -0.2) is 25.6 Å². The molecule has 0 aromatic heterocycles. The van der Waals surface area contributed by atoms with E-state index in [0.717, 1.165) is 12.8 Å². The number of carbonyl (C=O) groups is 1. The number of Topliss-reactive ketones (excluding diaryl/α,β-unsaturated/α-hetero) is 1. The Morgan fingerprint density at radius 2 is 2.06 bits per heavy atom. The van der Waals surface area contributed by atoms with E-state index in [0.29, 0.717) is 25.4 Å². The summed E-state index contributed by atoms with van der Waals surface area (Å²) in [6.45, 7) is 4.93. The van der Waals surface area contributed by atoms with E-state index in [-0.39, 0.29) is 11.5 Å². The minimum atomic E-state index is -0.517. The molecule has 0 atom stereocenters. The molecule has 0 heterocycles. The minimum Gasteiger partial charge on any atom is -0.488 e. The van der Waals surface area contributed by atoms with Crippen LogP contribution in [0.4, 0.5) is 4.39 Å². The quantitative estimate of drug-likeness (QED) is 0.528. The van der Waals surface area contributed by atoms with Gasteiger partial charge in [0.15, 0.2) is 17.3 Å². The molecule has 0 N–H and O–H groups in total. The Bertz CT molecular complexity index is 391. The van der Waals surface area contributed by atoms with Crippen molar-refractivity contribution in [2.45, 2.75) is 26.7 Å². The van der Waals surface area contributed by atoms with Crippen LogP contribution in [0.2, 0.25) is 0 Å². The molecule has 18 heavy (non-hydrogen) atoms. The lowest BCUT2D eigenvalue weighted by molar-refractivity contribution is 0.0965. The summed E-state index contributed by atoms with van der Waals surface area (Å²) in [5.74, 6) is -0.529. The lowest BCUT2D eigenvalue weighted by Gasteiger charge is -2.08. The van der Waals surface area contributed by atoms with Gasteiger partial charge in [-0.25, -0.2) is 4.39 Å². The van der Waals surface area contributed by atoms with E-state index in [9.17, 15) is 9.18 Å². The molecule has 1 aromatic carbocycles. The van der Waals surface area contributed by atoms with Crippen molar-refractivity contribution in [3.05, 3.63) is 29.6 Å². The summed E-state index contributed by atoms with van der Waals surface area (Å²) in [5, 5.41) is 0. The molecule has 0 saturated heterocycles. The third kappa shape index (κ3) is 4.84. The van der Waals surface area contributed by atoms with Gasteiger partial charge in [-0.1, -0.05) is 13.3 Å². The van der Waals surface area contributed by atoms with Crippen molar-refractivity contribution in [3.8, 4) is 5.75 Å². The van der Waals surface area contributed by atoms with Crippen LogP contribution in [0.1, 0.15) is 37.0 Å². The highest BCUT2D eigenvalue weighted by atomic mass is 19.1. The fourth-order valence-electron chi connectivity index (χ4n) is 1.40. The summed E-state index contributed by atoms with van der Waals surface area (Å²) in [5.41, 5.74) is 0.346. The summed E-state index contributed by atoms with van der Waals surface area (Å²) in [4.78, 5) is 11.0. The molecule has 0 amide bonds. The Kier molecular flexibility index (Phi) is 6.36. The summed E-state index contributed by atoms with van der Waals surface area (Å²) in [6.07, 6.45) is 2.10. The van der Waals surface area contributed by atoms with Gasteiger partial charge in [-0.3, -0.25) is 4.79 Å². The number of ether oxygens (including phenoxy) is 2. The van der Waals surface area contributed by atoms with E-state index < -0.39 is 5.82 Å². The van der Waals surface area contributed by atoms with Crippen molar-refractivity contribution in [1.82, 2.24) is 0 Å². The second kappa shape index (κ2) is 7.82. The lowest BCUT2D eigenvalue weighted by Crippen LogP contribution is -2.08. The predicted molar refractivity (Wildman–Crippen MR) is 67.6 cm³/mol. The van der Waals surface area contributed by atoms with E-state index in [1.54, 1.807) is 6.07 Å². The monoisotopic (exact) mass is 254 g/mol. The number of halogens is 1. The van der Waals surface area contributed by atoms with Crippen LogP contribution in [0.5, 0.6) is 5.75 Å². The van der Waals surface area contributed by atoms with Crippen molar-refractivity contribution >= 4 is 5.78 Å². The zero-order valence-electron chi connectivity index (χ0n) is 10.9. The first-order chi connectivity index (χ1) is 8.65. The van der Waals surface area contributed by atoms with Gasteiger partial charge in [-0.15, -0.1) is 0 Å². The van der Waals surface area contributed by atoms with Crippen LogP contribution in [0.3, 0.4) is 0 Å². The fraction of sp³-hybridized carbons (Fsp3) is 0.500. The molecule has 0 radical (unpaired) electrons. The topological polar surface area (TPSA) is 35.5 Å². The van der Waals surface area contributed by atoms with Gasteiger partial charge < -0.3 is 9.47 Å². The first-order valence-electron chi connectivity index (χ1n) is 6.16. The number of hydrogen-bond donors (Lipinski definition) is 0. The fourth-order valence-corrected chi connectivity index (χ4v) is 1.40. The van der Waals surface area contributed by atoms with Gasteiger partial charge in [-0.2, -0.15) is 0 Å². The van der Waals surface area contributed by atoms with Crippen molar-refractivity contribution in [1.29, 1.82) is 0 Å². The second-order valence-corrected chi connectivity index (χ2v) is 4.02. The van der Waals surface area contributed by atoms with Crippen LogP contribution < -0.4 is 4.74 Å². The predicted octanol–water partition coefficient (Wildman–Crippen LogP) is 3.22. The van der Waals surface area contributed by atoms with Gasteiger partial charge in [0.2, 0.25) is 0 Å². The number of hydrogen-bond acceptors (Lipinski definition) is 3. The minimum absolute atomic E-state index is 0.152. The van der Waals surface area contributed by atoms with Gasteiger partial charge in [0.05, 0.1) is 6.61 Å². The average molecular weight is 254 g/mol. The Balaban J connectivity index is 2.36. The van der Waals surface area contributed by atoms with E-state index in [1.165, 1.54) is 19.1 Å². The maximum absolute atomic E-state index is 13.5. The molecule has 0 aliphatic carbocycles. The van der Waals surface area contributed by atoms with Gasteiger partial charge in [0.1, 0.15) is 6.61 Å².